The van der Waals surface area contributed by atoms with Crippen molar-refractivity contribution in [3.63, 3.8) is 0 Å². The maximum atomic E-state index is 4.69. The second-order valence-corrected chi connectivity index (χ2v) is 4.94. The van der Waals surface area contributed by atoms with Crippen molar-refractivity contribution in [3.8, 4) is 0 Å². The summed E-state index contributed by atoms with van der Waals surface area (Å²) in [6.45, 7) is 4.20. The fourth-order valence-corrected chi connectivity index (χ4v) is 2.29. The average Bonchev–Trinajstić information content (AvgIpc) is 3.14. The Bertz CT molecular complexity index is 412. The molecule has 0 unspecified atom stereocenters. The summed E-state index contributed by atoms with van der Waals surface area (Å²) in [4.78, 5) is 9.37. The first kappa shape index (κ1) is 11.0. The van der Waals surface area contributed by atoms with Gasteiger partial charge in [-0.1, -0.05) is 6.92 Å². The average molecular weight is 232 g/mol. The molecule has 0 atom stereocenters. The molecular formula is C13H20N4. The Labute approximate surface area is 102 Å². The summed E-state index contributed by atoms with van der Waals surface area (Å²) in [7, 11) is 0. The predicted octanol–water partition coefficient (Wildman–Crippen LogP) is 1.30. The molecule has 0 amide bonds. The minimum atomic E-state index is 0.662. The Hall–Kier alpha value is -1.16. The number of aryl methyl sites for hydroxylation is 1. The van der Waals surface area contributed by atoms with E-state index in [0.29, 0.717) is 6.04 Å². The molecule has 0 radical (unpaired) electrons. The molecule has 1 saturated carbocycles. The SMILES string of the molecule is CCc1nc2c(c(NC3CC3)n1)CCNCC2. The zero-order valence-corrected chi connectivity index (χ0v) is 10.4. The molecular weight excluding hydrogens is 212 g/mol. The van der Waals surface area contributed by atoms with Gasteiger partial charge in [-0.2, -0.15) is 0 Å². The monoisotopic (exact) mass is 232 g/mol. The van der Waals surface area contributed by atoms with Gasteiger partial charge in [-0.15, -0.1) is 0 Å². The molecule has 0 bridgehead atoms. The van der Waals surface area contributed by atoms with Crippen molar-refractivity contribution in [3.05, 3.63) is 17.1 Å². The standard InChI is InChI=1S/C13H20N4/c1-2-12-16-11-6-8-14-7-5-10(11)13(17-12)15-9-3-4-9/h9,14H,2-8H2,1H3,(H,15,16,17). The molecule has 2 N–H and O–H groups in total. The summed E-state index contributed by atoms with van der Waals surface area (Å²) in [6, 6.07) is 0.662. The molecule has 0 spiro atoms. The molecule has 0 aromatic carbocycles. The van der Waals surface area contributed by atoms with Gasteiger partial charge in [0, 0.05) is 31.0 Å². The van der Waals surface area contributed by atoms with Crippen LogP contribution in [0, 0.1) is 0 Å². The van der Waals surface area contributed by atoms with Crippen LogP contribution in [0.15, 0.2) is 0 Å². The third-order valence-corrected chi connectivity index (χ3v) is 3.46. The van der Waals surface area contributed by atoms with E-state index >= 15 is 0 Å². The predicted molar refractivity (Wildman–Crippen MR) is 68.3 cm³/mol. The van der Waals surface area contributed by atoms with E-state index in [1.54, 1.807) is 0 Å². The highest BCUT2D eigenvalue weighted by atomic mass is 15.1. The first-order valence-electron chi connectivity index (χ1n) is 6.72. The van der Waals surface area contributed by atoms with Crippen molar-refractivity contribution in [1.29, 1.82) is 0 Å². The summed E-state index contributed by atoms with van der Waals surface area (Å²) in [6.07, 6.45) is 5.58. The van der Waals surface area contributed by atoms with Gasteiger partial charge in [-0.25, -0.2) is 9.97 Å². The first-order valence-corrected chi connectivity index (χ1v) is 6.72. The number of fused-ring (bicyclic) bond motifs is 1. The van der Waals surface area contributed by atoms with Crippen LogP contribution in [0.5, 0.6) is 0 Å². The third kappa shape index (κ3) is 2.41. The summed E-state index contributed by atoms with van der Waals surface area (Å²) in [5, 5.41) is 7.00. The fraction of sp³-hybridized carbons (Fsp3) is 0.692. The zero-order chi connectivity index (χ0) is 11.7. The van der Waals surface area contributed by atoms with Gasteiger partial charge in [0.25, 0.3) is 0 Å². The van der Waals surface area contributed by atoms with Crippen molar-refractivity contribution in [2.45, 2.75) is 45.1 Å². The van der Waals surface area contributed by atoms with Gasteiger partial charge in [0.05, 0.1) is 5.69 Å². The minimum Gasteiger partial charge on any atom is -0.367 e. The highest BCUT2D eigenvalue weighted by Crippen LogP contribution is 2.27. The molecule has 4 heteroatoms. The Morgan fingerprint density at radius 1 is 1.24 bits per heavy atom. The number of anilines is 1. The van der Waals surface area contributed by atoms with Gasteiger partial charge in [0.1, 0.15) is 11.6 Å². The largest absolute Gasteiger partial charge is 0.367 e. The van der Waals surface area contributed by atoms with E-state index in [0.717, 1.165) is 44.0 Å². The molecule has 4 nitrogen and oxygen atoms in total. The number of hydrogen-bond acceptors (Lipinski definition) is 4. The summed E-state index contributed by atoms with van der Waals surface area (Å²) in [5.74, 6) is 2.09. The summed E-state index contributed by atoms with van der Waals surface area (Å²) < 4.78 is 0. The highest BCUT2D eigenvalue weighted by Gasteiger charge is 2.24. The van der Waals surface area contributed by atoms with Crippen LogP contribution in [0.4, 0.5) is 5.82 Å². The molecule has 1 aliphatic carbocycles. The van der Waals surface area contributed by atoms with Crippen LogP contribution >= 0.6 is 0 Å². The maximum Gasteiger partial charge on any atom is 0.133 e. The Morgan fingerprint density at radius 2 is 2.06 bits per heavy atom. The van der Waals surface area contributed by atoms with Crippen LogP contribution in [-0.2, 0) is 19.3 Å². The number of nitrogens with zero attached hydrogens (tertiary/aromatic N) is 2. The van der Waals surface area contributed by atoms with Crippen LogP contribution in [0.25, 0.3) is 0 Å². The number of hydrogen-bond donors (Lipinski definition) is 2. The van der Waals surface area contributed by atoms with Crippen molar-refractivity contribution in [2.24, 2.45) is 0 Å². The Morgan fingerprint density at radius 3 is 2.82 bits per heavy atom. The summed E-state index contributed by atoms with van der Waals surface area (Å²) >= 11 is 0. The Balaban J connectivity index is 1.97. The van der Waals surface area contributed by atoms with Crippen molar-refractivity contribution >= 4 is 5.82 Å². The molecule has 1 aliphatic heterocycles. The topological polar surface area (TPSA) is 49.8 Å². The van der Waals surface area contributed by atoms with E-state index in [2.05, 4.69) is 27.5 Å². The van der Waals surface area contributed by atoms with Crippen LogP contribution in [0.2, 0.25) is 0 Å². The van der Waals surface area contributed by atoms with Gasteiger partial charge < -0.3 is 10.6 Å². The smallest absolute Gasteiger partial charge is 0.133 e. The molecule has 2 heterocycles. The number of rotatable bonds is 3. The lowest BCUT2D eigenvalue weighted by Crippen LogP contribution is -2.16. The minimum absolute atomic E-state index is 0.662. The number of aromatic nitrogens is 2. The van der Waals surface area contributed by atoms with Crippen molar-refractivity contribution in [1.82, 2.24) is 15.3 Å². The molecule has 92 valence electrons. The van der Waals surface area contributed by atoms with E-state index in [-0.39, 0.29) is 0 Å². The van der Waals surface area contributed by atoms with Gasteiger partial charge in [0.15, 0.2) is 0 Å². The van der Waals surface area contributed by atoms with E-state index < -0.39 is 0 Å². The zero-order valence-electron chi connectivity index (χ0n) is 10.4. The quantitative estimate of drug-likeness (QED) is 0.825. The van der Waals surface area contributed by atoms with Crippen LogP contribution in [-0.4, -0.2) is 29.1 Å². The number of nitrogens with one attached hydrogen (secondary N) is 2. The highest BCUT2D eigenvalue weighted by molar-refractivity contribution is 5.49. The van der Waals surface area contributed by atoms with Gasteiger partial charge in [-0.3, -0.25) is 0 Å². The van der Waals surface area contributed by atoms with Crippen LogP contribution in [0.3, 0.4) is 0 Å². The van der Waals surface area contributed by atoms with Crippen molar-refractivity contribution in [2.75, 3.05) is 18.4 Å². The lowest BCUT2D eigenvalue weighted by atomic mass is 10.1. The summed E-state index contributed by atoms with van der Waals surface area (Å²) in [5.41, 5.74) is 2.60. The van der Waals surface area contributed by atoms with Gasteiger partial charge >= 0.3 is 0 Å². The van der Waals surface area contributed by atoms with Crippen LogP contribution < -0.4 is 10.6 Å². The van der Waals surface area contributed by atoms with E-state index in [9.17, 15) is 0 Å². The molecule has 1 fully saturated rings. The molecule has 1 aromatic heterocycles. The normalized spacial score (nSPS) is 19.6. The molecule has 2 aliphatic rings. The third-order valence-electron chi connectivity index (χ3n) is 3.46. The second kappa shape index (κ2) is 4.61. The first-order chi connectivity index (χ1) is 8.36. The Kier molecular flexibility index (Phi) is 2.97. The molecule has 17 heavy (non-hydrogen) atoms. The molecule has 1 aromatic rings. The molecule has 3 rings (SSSR count). The fourth-order valence-electron chi connectivity index (χ4n) is 2.29. The van der Waals surface area contributed by atoms with Crippen molar-refractivity contribution < 1.29 is 0 Å². The van der Waals surface area contributed by atoms with E-state index in [1.165, 1.54) is 24.1 Å². The van der Waals surface area contributed by atoms with Gasteiger partial charge in [-0.05, 0) is 25.8 Å². The van der Waals surface area contributed by atoms with Crippen LogP contribution in [0.1, 0.15) is 36.8 Å². The lowest BCUT2D eigenvalue weighted by Gasteiger charge is -2.13. The van der Waals surface area contributed by atoms with E-state index in [4.69, 9.17) is 0 Å². The maximum absolute atomic E-state index is 4.69. The lowest BCUT2D eigenvalue weighted by molar-refractivity contribution is 0.708. The molecule has 0 saturated heterocycles. The van der Waals surface area contributed by atoms with E-state index in [1.807, 2.05) is 0 Å². The van der Waals surface area contributed by atoms with Gasteiger partial charge in [0.2, 0.25) is 0 Å². The second-order valence-electron chi connectivity index (χ2n) is 4.94.